The van der Waals surface area contributed by atoms with E-state index in [0.29, 0.717) is 17.1 Å². The lowest BCUT2D eigenvalue weighted by atomic mass is 10.00. The second-order valence-corrected chi connectivity index (χ2v) is 6.71. The van der Waals surface area contributed by atoms with Crippen molar-refractivity contribution in [3.63, 3.8) is 0 Å². The van der Waals surface area contributed by atoms with E-state index in [0.717, 1.165) is 26.1 Å². The molecule has 2 N–H and O–H groups in total. The lowest BCUT2D eigenvalue weighted by Gasteiger charge is -2.28. The van der Waals surface area contributed by atoms with Crippen LogP contribution in [0.15, 0.2) is 48.5 Å². The Kier molecular flexibility index (Phi) is 6.26. The first-order valence-electron chi connectivity index (χ1n) is 8.72. The van der Waals surface area contributed by atoms with Crippen LogP contribution in [0.3, 0.4) is 0 Å². The Morgan fingerprint density at radius 2 is 1.73 bits per heavy atom. The van der Waals surface area contributed by atoms with E-state index in [4.69, 9.17) is 11.6 Å². The highest BCUT2D eigenvalue weighted by Crippen LogP contribution is 2.17. The first-order chi connectivity index (χ1) is 12.6. The van der Waals surface area contributed by atoms with E-state index in [1.165, 1.54) is 11.1 Å². The van der Waals surface area contributed by atoms with Gasteiger partial charge in [0, 0.05) is 26.2 Å². The van der Waals surface area contributed by atoms with E-state index >= 15 is 0 Å². The van der Waals surface area contributed by atoms with E-state index in [1.807, 2.05) is 0 Å². The summed E-state index contributed by atoms with van der Waals surface area (Å²) in [6, 6.07) is 15.2. The lowest BCUT2D eigenvalue weighted by Crippen LogP contribution is -2.41. The van der Waals surface area contributed by atoms with Gasteiger partial charge in [-0.15, -0.1) is 0 Å². The number of fused-ring (bicyclic) bond motifs is 1. The summed E-state index contributed by atoms with van der Waals surface area (Å²) in [6.07, 6.45) is 1.04. The van der Waals surface area contributed by atoms with Gasteiger partial charge in [-0.05, 0) is 29.7 Å². The average molecular weight is 372 g/mol. The van der Waals surface area contributed by atoms with Gasteiger partial charge in [-0.25, -0.2) is 0 Å². The molecule has 3 rings (SSSR count). The van der Waals surface area contributed by atoms with Crippen LogP contribution in [-0.4, -0.2) is 42.9 Å². The second-order valence-electron chi connectivity index (χ2n) is 6.31. The van der Waals surface area contributed by atoms with Crippen molar-refractivity contribution in [2.24, 2.45) is 0 Å². The highest BCUT2D eigenvalue weighted by atomic mass is 35.5. The molecule has 5 nitrogen and oxygen atoms in total. The molecule has 1 aliphatic heterocycles. The minimum absolute atomic E-state index is 0.0626. The van der Waals surface area contributed by atoms with Gasteiger partial charge in [0.1, 0.15) is 0 Å². The topological polar surface area (TPSA) is 61.4 Å². The Hall–Kier alpha value is -2.37. The predicted octanol–water partition coefficient (Wildman–Crippen LogP) is 2.24. The van der Waals surface area contributed by atoms with Gasteiger partial charge in [-0.2, -0.15) is 0 Å². The molecule has 2 aromatic carbocycles. The molecule has 0 atom stereocenters. The lowest BCUT2D eigenvalue weighted by molar-refractivity contribution is -0.120. The highest BCUT2D eigenvalue weighted by molar-refractivity contribution is 6.33. The standard InChI is InChI=1S/C20H22ClN3O2/c21-18-8-4-3-7-17(18)20(26)23-13-19(25)22-10-12-24-11-9-15-5-1-2-6-16(15)14-24/h1-8H,9-14H2,(H,22,25)(H,23,26). The molecule has 0 unspecified atom stereocenters. The van der Waals surface area contributed by atoms with Crippen LogP contribution in [-0.2, 0) is 17.8 Å². The normalized spacial score (nSPS) is 13.7. The van der Waals surface area contributed by atoms with Crippen molar-refractivity contribution in [1.82, 2.24) is 15.5 Å². The Bertz CT molecular complexity index is 794. The van der Waals surface area contributed by atoms with Gasteiger partial charge in [-0.3, -0.25) is 14.5 Å². The quantitative estimate of drug-likeness (QED) is 0.818. The number of halogens is 1. The number of amides is 2. The average Bonchev–Trinajstić information content (AvgIpc) is 2.66. The molecule has 0 aliphatic carbocycles. The summed E-state index contributed by atoms with van der Waals surface area (Å²) >= 11 is 5.97. The molecule has 0 spiro atoms. The maximum absolute atomic E-state index is 12.0. The first-order valence-corrected chi connectivity index (χ1v) is 9.10. The summed E-state index contributed by atoms with van der Waals surface area (Å²) in [5.41, 5.74) is 3.14. The number of benzene rings is 2. The van der Waals surface area contributed by atoms with Gasteiger partial charge in [0.05, 0.1) is 17.1 Å². The number of carbonyl (C=O) groups excluding carboxylic acids is 2. The van der Waals surface area contributed by atoms with Crippen LogP contribution in [0.2, 0.25) is 5.02 Å². The van der Waals surface area contributed by atoms with E-state index < -0.39 is 0 Å². The number of nitrogens with one attached hydrogen (secondary N) is 2. The summed E-state index contributed by atoms with van der Waals surface area (Å²) in [7, 11) is 0. The van der Waals surface area contributed by atoms with Crippen LogP contribution in [0.25, 0.3) is 0 Å². The fraction of sp³-hybridized carbons (Fsp3) is 0.300. The molecule has 0 radical (unpaired) electrons. The van der Waals surface area contributed by atoms with Crippen LogP contribution in [0.5, 0.6) is 0 Å². The molecular formula is C20H22ClN3O2. The van der Waals surface area contributed by atoms with Crippen molar-refractivity contribution < 1.29 is 9.59 Å². The molecule has 1 aliphatic rings. The van der Waals surface area contributed by atoms with Gasteiger partial charge >= 0.3 is 0 Å². The molecule has 6 heteroatoms. The van der Waals surface area contributed by atoms with E-state index in [-0.39, 0.29) is 18.4 Å². The van der Waals surface area contributed by atoms with Crippen LogP contribution in [0, 0.1) is 0 Å². The van der Waals surface area contributed by atoms with E-state index in [1.54, 1.807) is 24.3 Å². The minimum atomic E-state index is -0.349. The maximum atomic E-state index is 12.0. The third-order valence-corrected chi connectivity index (χ3v) is 4.82. The Balaban J connectivity index is 1.37. The molecule has 0 saturated carbocycles. The summed E-state index contributed by atoms with van der Waals surface area (Å²) in [4.78, 5) is 26.3. The zero-order valence-electron chi connectivity index (χ0n) is 14.5. The smallest absolute Gasteiger partial charge is 0.253 e. The minimum Gasteiger partial charge on any atom is -0.353 e. The van der Waals surface area contributed by atoms with Gasteiger partial charge in [0.2, 0.25) is 5.91 Å². The van der Waals surface area contributed by atoms with Crippen LogP contribution in [0.1, 0.15) is 21.5 Å². The highest BCUT2D eigenvalue weighted by Gasteiger charge is 2.15. The zero-order chi connectivity index (χ0) is 18.4. The number of hydrogen-bond donors (Lipinski definition) is 2. The molecular weight excluding hydrogens is 350 g/mol. The molecule has 0 fully saturated rings. The largest absolute Gasteiger partial charge is 0.353 e. The fourth-order valence-electron chi connectivity index (χ4n) is 3.06. The number of rotatable bonds is 6. The fourth-order valence-corrected chi connectivity index (χ4v) is 3.28. The first kappa shape index (κ1) is 18.4. The molecule has 1 heterocycles. The molecule has 136 valence electrons. The van der Waals surface area contributed by atoms with E-state index in [2.05, 4.69) is 39.8 Å². The van der Waals surface area contributed by atoms with Gasteiger partial charge in [0.15, 0.2) is 0 Å². The number of hydrogen-bond acceptors (Lipinski definition) is 3. The number of carbonyl (C=O) groups is 2. The zero-order valence-corrected chi connectivity index (χ0v) is 15.3. The van der Waals surface area contributed by atoms with Crippen molar-refractivity contribution in [1.29, 1.82) is 0 Å². The van der Waals surface area contributed by atoms with Crippen molar-refractivity contribution in [2.45, 2.75) is 13.0 Å². The summed E-state index contributed by atoms with van der Waals surface area (Å²) in [5.74, 6) is -0.554. The van der Waals surface area contributed by atoms with Crippen molar-refractivity contribution in [2.75, 3.05) is 26.2 Å². The van der Waals surface area contributed by atoms with Crippen molar-refractivity contribution >= 4 is 23.4 Å². The van der Waals surface area contributed by atoms with Crippen LogP contribution in [0.4, 0.5) is 0 Å². The van der Waals surface area contributed by atoms with E-state index in [9.17, 15) is 9.59 Å². The predicted molar refractivity (Wildman–Crippen MR) is 102 cm³/mol. The summed E-state index contributed by atoms with van der Waals surface area (Å²) in [5, 5.41) is 5.81. The van der Waals surface area contributed by atoms with Gasteiger partial charge < -0.3 is 10.6 Å². The van der Waals surface area contributed by atoms with Crippen molar-refractivity contribution in [3.8, 4) is 0 Å². The Labute approximate surface area is 158 Å². The van der Waals surface area contributed by atoms with Gasteiger partial charge in [-0.1, -0.05) is 48.0 Å². The van der Waals surface area contributed by atoms with Gasteiger partial charge in [0.25, 0.3) is 5.91 Å². The van der Waals surface area contributed by atoms with Crippen LogP contribution < -0.4 is 10.6 Å². The Morgan fingerprint density at radius 3 is 2.54 bits per heavy atom. The molecule has 2 amide bonds. The third-order valence-electron chi connectivity index (χ3n) is 4.49. The maximum Gasteiger partial charge on any atom is 0.253 e. The monoisotopic (exact) mass is 371 g/mol. The molecule has 26 heavy (non-hydrogen) atoms. The molecule has 0 saturated heterocycles. The van der Waals surface area contributed by atoms with Crippen molar-refractivity contribution in [3.05, 3.63) is 70.2 Å². The number of nitrogens with zero attached hydrogens (tertiary/aromatic N) is 1. The SMILES string of the molecule is O=C(CNC(=O)c1ccccc1Cl)NCCN1CCc2ccccc2C1. The molecule has 2 aromatic rings. The third kappa shape index (κ3) is 4.84. The summed E-state index contributed by atoms with van der Waals surface area (Å²) in [6.45, 7) is 3.19. The molecule has 0 bridgehead atoms. The van der Waals surface area contributed by atoms with Crippen LogP contribution >= 0.6 is 11.6 Å². The Morgan fingerprint density at radius 1 is 1.00 bits per heavy atom. The summed E-state index contributed by atoms with van der Waals surface area (Å²) < 4.78 is 0. The molecule has 0 aromatic heterocycles. The second kappa shape index (κ2) is 8.83.